The van der Waals surface area contributed by atoms with Gasteiger partial charge in [-0.2, -0.15) is 13.2 Å². The zero-order valence-corrected chi connectivity index (χ0v) is 10.2. The molecule has 1 aromatic heterocycles. The summed E-state index contributed by atoms with van der Waals surface area (Å²) in [6.07, 6.45) is -4.43. The van der Waals surface area contributed by atoms with Gasteiger partial charge in [-0.05, 0) is 29.5 Å². The number of alkyl halides is 3. The Balaban J connectivity index is 2.38. The predicted octanol–water partition coefficient (Wildman–Crippen LogP) is 2.00. The second kappa shape index (κ2) is 4.91. The van der Waals surface area contributed by atoms with E-state index in [1.807, 2.05) is 0 Å². The fourth-order valence-corrected chi connectivity index (χ4v) is 1.56. The smallest absolute Gasteiger partial charge is 0.416 e. The maximum Gasteiger partial charge on any atom is 0.416 e. The number of benzene rings is 1. The van der Waals surface area contributed by atoms with E-state index in [1.165, 1.54) is 19.1 Å². The monoisotopic (exact) mass is 286 g/mol. The first kappa shape index (κ1) is 14.0. The number of aromatic nitrogens is 4. The summed E-state index contributed by atoms with van der Waals surface area (Å²) in [6.45, 7) is 1.37. The molecule has 2 aromatic rings. The van der Waals surface area contributed by atoms with E-state index in [0.29, 0.717) is 5.56 Å². The van der Waals surface area contributed by atoms with Crippen molar-refractivity contribution in [2.24, 2.45) is 0 Å². The predicted molar refractivity (Wildman–Crippen MR) is 60.6 cm³/mol. The second-order valence-corrected chi connectivity index (χ2v) is 4.04. The lowest BCUT2D eigenvalue weighted by Gasteiger charge is -2.10. The van der Waals surface area contributed by atoms with Crippen LogP contribution in [-0.4, -0.2) is 31.3 Å². The van der Waals surface area contributed by atoms with Crippen molar-refractivity contribution in [1.82, 2.24) is 20.2 Å². The number of carboxylic acids is 1. The molecule has 0 saturated carbocycles. The quantitative estimate of drug-likeness (QED) is 0.933. The zero-order chi connectivity index (χ0) is 14.9. The largest absolute Gasteiger partial charge is 0.480 e. The molecule has 0 aliphatic carbocycles. The average molecular weight is 286 g/mol. The second-order valence-electron chi connectivity index (χ2n) is 4.04. The standard InChI is InChI=1S/C11H9F3N4O2/c1-6(10(19)20)18-9(15-16-17-18)7-2-4-8(5-3-7)11(12,13)14/h2-6H,1H3,(H,19,20). The van der Waals surface area contributed by atoms with Crippen LogP contribution < -0.4 is 0 Å². The molecule has 1 heterocycles. The third-order valence-corrected chi connectivity index (χ3v) is 2.69. The summed E-state index contributed by atoms with van der Waals surface area (Å²) < 4.78 is 38.4. The minimum Gasteiger partial charge on any atom is -0.480 e. The van der Waals surface area contributed by atoms with E-state index in [-0.39, 0.29) is 5.82 Å². The maximum atomic E-state index is 12.5. The molecular weight excluding hydrogens is 277 g/mol. The molecule has 106 valence electrons. The third-order valence-electron chi connectivity index (χ3n) is 2.69. The number of carboxylic acid groups (broad SMARTS) is 1. The van der Waals surface area contributed by atoms with Gasteiger partial charge < -0.3 is 5.11 Å². The first-order valence-corrected chi connectivity index (χ1v) is 5.49. The Bertz CT molecular complexity index is 621. The highest BCUT2D eigenvalue weighted by Gasteiger charge is 2.30. The molecular formula is C11H9F3N4O2. The van der Waals surface area contributed by atoms with Crippen LogP contribution in [0.1, 0.15) is 18.5 Å². The van der Waals surface area contributed by atoms with Gasteiger partial charge in [0, 0.05) is 5.56 Å². The molecule has 0 amide bonds. The summed E-state index contributed by atoms with van der Waals surface area (Å²) >= 11 is 0. The molecule has 0 bridgehead atoms. The number of carbonyl (C=O) groups is 1. The third kappa shape index (κ3) is 2.60. The molecule has 0 aliphatic heterocycles. The van der Waals surface area contributed by atoms with E-state index in [2.05, 4.69) is 15.5 Å². The minimum atomic E-state index is -4.43. The van der Waals surface area contributed by atoms with Crippen molar-refractivity contribution in [3.05, 3.63) is 29.8 Å². The Kier molecular flexibility index (Phi) is 3.43. The van der Waals surface area contributed by atoms with Gasteiger partial charge in [0.2, 0.25) is 0 Å². The fourth-order valence-electron chi connectivity index (χ4n) is 1.56. The molecule has 9 heteroatoms. The summed E-state index contributed by atoms with van der Waals surface area (Å²) in [4.78, 5) is 10.9. The highest BCUT2D eigenvalue weighted by Crippen LogP contribution is 2.30. The highest BCUT2D eigenvalue weighted by atomic mass is 19.4. The Hall–Kier alpha value is -2.45. The van der Waals surface area contributed by atoms with Crippen LogP contribution in [0.2, 0.25) is 0 Å². The van der Waals surface area contributed by atoms with E-state index in [4.69, 9.17) is 5.11 Å². The summed E-state index contributed by atoms with van der Waals surface area (Å²) in [6, 6.07) is 3.14. The number of rotatable bonds is 3. The van der Waals surface area contributed by atoms with Crippen molar-refractivity contribution in [1.29, 1.82) is 0 Å². The lowest BCUT2D eigenvalue weighted by Crippen LogP contribution is -2.18. The molecule has 0 radical (unpaired) electrons. The topological polar surface area (TPSA) is 80.9 Å². The molecule has 1 atom stereocenters. The number of halogens is 3. The van der Waals surface area contributed by atoms with Crippen molar-refractivity contribution in [2.45, 2.75) is 19.1 Å². The van der Waals surface area contributed by atoms with Gasteiger partial charge in [0.15, 0.2) is 11.9 Å². The summed E-state index contributed by atoms with van der Waals surface area (Å²) in [5, 5.41) is 19.4. The molecule has 6 nitrogen and oxygen atoms in total. The van der Waals surface area contributed by atoms with Crippen LogP contribution >= 0.6 is 0 Å². The first-order valence-electron chi connectivity index (χ1n) is 5.49. The van der Waals surface area contributed by atoms with Gasteiger partial charge in [0.25, 0.3) is 0 Å². The Morgan fingerprint density at radius 2 is 1.90 bits per heavy atom. The number of nitrogens with zero attached hydrogens (tertiary/aromatic N) is 4. The van der Waals surface area contributed by atoms with E-state index in [1.54, 1.807) is 0 Å². The van der Waals surface area contributed by atoms with E-state index < -0.39 is 23.8 Å². The van der Waals surface area contributed by atoms with Crippen molar-refractivity contribution in [3.8, 4) is 11.4 Å². The average Bonchev–Trinajstić information content (AvgIpc) is 2.85. The molecule has 1 unspecified atom stereocenters. The Morgan fingerprint density at radius 1 is 1.30 bits per heavy atom. The molecule has 0 saturated heterocycles. The summed E-state index contributed by atoms with van der Waals surface area (Å²) in [5.41, 5.74) is -0.498. The van der Waals surface area contributed by atoms with Crippen molar-refractivity contribution in [2.75, 3.05) is 0 Å². The summed E-state index contributed by atoms with van der Waals surface area (Å²) in [7, 11) is 0. The van der Waals surface area contributed by atoms with Crippen LogP contribution in [0.3, 0.4) is 0 Å². The molecule has 1 N–H and O–H groups in total. The van der Waals surface area contributed by atoms with Gasteiger partial charge in [0.1, 0.15) is 0 Å². The molecule has 20 heavy (non-hydrogen) atoms. The number of tetrazole rings is 1. The van der Waals surface area contributed by atoms with Gasteiger partial charge >= 0.3 is 12.1 Å². The van der Waals surface area contributed by atoms with Crippen LogP contribution in [0.5, 0.6) is 0 Å². The fraction of sp³-hybridized carbons (Fsp3) is 0.273. The lowest BCUT2D eigenvalue weighted by atomic mass is 10.1. The van der Waals surface area contributed by atoms with Crippen molar-refractivity contribution < 1.29 is 23.1 Å². The van der Waals surface area contributed by atoms with Crippen LogP contribution in [0.15, 0.2) is 24.3 Å². The zero-order valence-electron chi connectivity index (χ0n) is 10.2. The molecule has 0 aliphatic rings. The summed E-state index contributed by atoms with van der Waals surface area (Å²) in [5.74, 6) is -1.06. The molecule has 1 aromatic carbocycles. The van der Waals surface area contributed by atoms with Gasteiger partial charge in [0.05, 0.1) is 5.56 Å². The van der Waals surface area contributed by atoms with Gasteiger partial charge in [-0.15, -0.1) is 5.10 Å². The first-order chi connectivity index (χ1) is 9.30. The van der Waals surface area contributed by atoms with E-state index >= 15 is 0 Å². The van der Waals surface area contributed by atoms with Gasteiger partial charge in [-0.25, -0.2) is 9.48 Å². The maximum absolute atomic E-state index is 12.5. The Morgan fingerprint density at radius 3 is 2.40 bits per heavy atom. The normalized spacial score (nSPS) is 13.2. The molecule has 0 spiro atoms. The van der Waals surface area contributed by atoms with Gasteiger partial charge in [-0.1, -0.05) is 12.1 Å². The van der Waals surface area contributed by atoms with Crippen LogP contribution in [0, 0.1) is 0 Å². The van der Waals surface area contributed by atoms with E-state index in [0.717, 1.165) is 16.8 Å². The van der Waals surface area contributed by atoms with Crippen molar-refractivity contribution in [3.63, 3.8) is 0 Å². The Labute approximate surface area is 110 Å². The number of aliphatic carboxylic acids is 1. The SMILES string of the molecule is CC(C(=O)O)n1nnnc1-c1ccc(C(F)(F)F)cc1. The lowest BCUT2D eigenvalue weighted by molar-refractivity contribution is -0.140. The molecule has 0 fully saturated rings. The number of hydrogen-bond acceptors (Lipinski definition) is 4. The number of hydrogen-bond donors (Lipinski definition) is 1. The van der Waals surface area contributed by atoms with Crippen LogP contribution in [-0.2, 0) is 11.0 Å². The minimum absolute atomic E-state index is 0.0913. The van der Waals surface area contributed by atoms with Crippen LogP contribution in [0.4, 0.5) is 13.2 Å². The van der Waals surface area contributed by atoms with Crippen molar-refractivity contribution >= 4 is 5.97 Å². The van der Waals surface area contributed by atoms with E-state index in [9.17, 15) is 18.0 Å². The highest BCUT2D eigenvalue weighted by molar-refractivity contribution is 5.72. The van der Waals surface area contributed by atoms with Gasteiger partial charge in [-0.3, -0.25) is 0 Å². The van der Waals surface area contributed by atoms with Crippen LogP contribution in [0.25, 0.3) is 11.4 Å². The molecule has 2 rings (SSSR count).